The van der Waals surface area contributed by atoms with Crippen molar-refractivity contribution < 1.29 is 35.5 Å². The largest absolute Gasteiger partial charge is 0.435 e. The number of hydrogen-bond donors (Lipinski definition) is 1. The lowest BCUT2D eigenvalue weighted by molar-refractivity contribution is -0.143. The topological polar surface area (TPSA) is 106 Å². The minimum Gasteiger partial charge on any atom is -0.373 e. The van der Waals surface area contributed by atoms with Crippen molar-refractivity contribution in [2.45, 2.75) is 32.2 Å². The van der Waals surface area contributed by atoms with Gasteiger partial charge in [0.2, 0.25) is 10.0 Å². The second-order valence-electron chi connectivity index (χ2n) is 7.32. The Morgan fingerprint density at radius 2 is 1.78 bits per heavy atom. The predicted octanol–water partition coefficient (Wildman–Crippen LogP) is 1.59. The van der Waals surface area contributed by atoms with Gasteiger partial charge in [0.15, 0.2) is 11.4 Å². The summed E-state index contributed by atoms with van der Waals surface area (Å²) in [7, 11) is -3.77. The van der Waals surface area contributed by atoms with Crippen molar-refractivity contribution in [1.82, 2.24) is 24.6 Å². The van der Waals surface area contributed by atoms with Crippen LogP contribution in [-0.2, 0) is 20.9 Å². The molecule has 9 nitrogen and oxygen atoms in total. The molecule has 1 amide bonds. The van der Waals surface area contributed by atoms with Crippen LogP contribution in [0.2, 0.25) is 0 Å². The average Bonchev–Trinajstić information content (AvgIpc) is 3.13. The highest BCUT2D eigenvalue weighted by molar-refractivity contribution is 7.89. The zero-order valence-corrected chi connectivity index (χ0v) is 18.0. The van der Waals surface area contributed by atoms with Gasteiger partial charge in [-0.2, -0.15) is 17.5 Å². The number of hydrogen-bond acceptors (Lipinski definition) is 6. The van der Waals surface area contributed by atoms with E-state index in [1.54, 1.807) is 13.8 Å². The molecule has 0 bridgehead atoms. The minimum absolute atomic E-state index is 0.144. The summed E-state index contributed by atoms with van der Waals surface area (Å²) in [5.74, 6) is -2.40. The van der Waals surface area contributed by atoms with E-state index in [0.29, 0.717) is 4.68 Å². The van der Waals surface area contributed by atoms with Crippen LogP contribution in [0.5, 0.6) is 0 Å². The Balaban J connectivity index is 1.73. The molecular formula is C18H21F4N5O4S. The van der Waals surface area contributed by atoms with Gasteiger partial charge in [-0.25, -0.2) is 17.5 Å². The molecule has 1 aromatic carbocycles. The van der Waals surface area contributed by atoms with E-state index < -0.39 is 51.6 Å². The molecule has 1 aromatic heterocycles. The first-order valence-electron chi connectivity index (χ1n) is 9.59. The predicted molar refractivity (Wildman–Crippen MR) is 104 cm³/mol. The molecule has 14 heteroatoms. The molecule has 0 saturated carbocycles. The summed E-state index contributed by atoms with van der Waals surface area (Å²) < 4.78 is 86.1. The summed E-state index contributed by atoms with van der Waals surface area (Å²) >= 11 is 0. The Morgan fingerprint density at radius 1 is 1.19 bits per heavy atom. The molecule has 1 aliphatic heterocycles. The zero-order valence-electron chi connectivity index (χ0n) is 17.1. The Labute approximate surface area is 181 Å². The van der Waals surface area contributed by atoms with Crippen LogP contribution in [0.15, 0.2) is 24.3 Å². The molecule has 1 N–H and O–H groups in total. The first kappa shape index (κ1) is 24.1. The molecule has 0 radical (unpaired) electrons. The van der Waals surface area contributed by atoms with Crippen molar-refractivity contribution in [3.63, 3.8) is 0 Å². The van der Waals surface area contributed by atoms with Crippen LogP contribution < -0.4 is 5.32 Å². The fourth-order valence-corrected chi connectivity index (χ4v) is 4.81. The molecule has 1 saturated heterocycles. The maximum Gasteiger partial charge on any atom is 0.435 e. The van der Waals surface area contributed by atoms with Crippen molar-refractivity contribution in [2.24, 2.45) is 0 Å². The number of nitrogens with one attached hydrogen (secondary N) is 1. The van der Waals surface area contributed by atoms with Gasteiger partial charge in [0.05, 0.1) is 23.6 Å². The first-order chi connectivity index (χ1) is 14.9. The highest BCUT2D eigenvalue weighted by Gasteiger charge is 2.42. The van der Waals surface area contributed by atoms with E-state index in [4.69, 9.17) is 4.74 Å². The normalized spacial score (nSPS) is 20.3. The summed E-state index contributed by atoms with van der Waals surface area (Å²) in [4.78, 5) is 12.4. The van der Waals surface area contributed by atoms with E-state index in [0.717, 1.165) is 24.3 Å². The standard InChI is InChI=1S/C18H21F4N5O4S/c1-11-9-26(10-12(2)31-11)32(29,30)8-7-23-17(28)15-16(18(20,21)22)27(25-24-15)14-5-3-13(19)4-6-14/h3-6,11-12H,7-10H2,1-2H3,(H,23,28). The van der Waals surface area contributed by atoms with Crippen LogP contribution >= 0.6 is 0 Å². The van der Waals surface area contributed by atoms with Crippen molar-refractivity contribution in [3.8, 4) is 5.69 Å². The molecule has 2 unspecified atom stereocenters. The molecule has 3 rings (SSSR count). The van der Waals surface area contributed by atoms with Gasteiger partial charge in [-0.3, -0.25) is 4.79 Å². The quantitative estimate of drug-likeness (QED) is 0.631. The molecular weight excluding hydrogens is 458 g/mol. The SMILES string of the molecule is CC1CN(S(=O)(=O)CCNC(=O)c2nnn(-c3ccc(F)cc3)c2C(F)(F)F)CC(C)O1. The first-order valence-corrected chi connectivity index (χ1v) is 11.2. The van der Waals surface area contributed by atoms with Gasteiger partial charge in [-0.05, 0) is 38.1 Å². The summed E-state index contributed by atoms with van der Waals surface area (Å²) in [6.45, 7) is 3.31. The third-order valence-corrected chi connectivity index (χ3v) is 6.46. The van der Waals surface area contributed by atoms with Gasteiger partial charge in [0, 0.05) is 19.6 Å². The maximum absolute atomic E-state index is 13.6. The molecule has 0 spiro atoms. The van der Waals surface area contributed by atoms with Gasteiger partial charge < -0.3 is 10.1 Å². The fraction of sp³-hybridized carbons (Fsp3) is 0.500. The van der Waals surface area contributed by atoms with Crippen LogP contribution in [0, 0.1) is 5.82 Å². The van der Waals surface area contributed by atoms with Crippen LogP contribution in [0.1, 0.15) is 30.0 Å². The lowest BCUT2D eigenvalue weighted by atomic mass is 10.2. The van der Waals surface area contributed by atoms with Gasteiger partial charge in [-0.15, -0.1) is 5.10 Å². The van der Waals surface area contributed by atoms with Crippen LogP contribution in [0.3, 0.4) is 0 Å². The molecule has 32 heavy (non-hydrogen) atoms. The lowest BCUT2D eigenvalue weighted by Gasteiger charge is -2.34. The van der Waals surface area contributed by atoms with Gasteiger partial charge in [0.25, 0.3) is 5.91 Å². The Morgan fingerprint density at radius 3 is 2.34 bits per heavy atom. The fourth-order valence-electron chi connectivity index (χ4n) is 3.32. The third kappa shape index (κ3) is 5.42. The van der Waals surface area contributed by atoms with Crippen molar-refractivity contribution in [3.05, 3.63) is 41.5 Å². The average molecular weight is 479 g/mol. The number of carbonyl (C=O) groups excluding carboxylic acids is 1. The van der Waals surface area contributed by atoms with E-state index >= 15 is 0 Å². The number of morpholine rings is 1. The number of alkyl halides is 3. The molecule has 1 aliphatic rings. The van der Waals surface area contributed by atoms with Crippen LogP contribution in [0.4, 0.5) is 17.6 Å². The molecule has 2 atom stereocenters. The number of ether oxygens (including phenoxy) is 1. The number of aromatic nitrogens is 3. The Hall–Kier alpha value is -2.58. The van der Waals surface area contributed by atoms with E-state index in [-0.39, 0.29) is 31.0 Å². The van der Waals surface area contributed by atoms with Crippen molar-refractivity contribution in [2.75, 3.05) is 25.4 Å². The van der Waals surface area contributed by atoms with Crippen molar-refractivity contribution >= 4 is 15.9 Å². The molecule has 1 fully saturated rings. The van der Waals surface area contributed by atoms with Crippen LogP contribution in [0.25, 0.3) is 5.69 Å². The number of halogens is 4. The number of amides is 1. The Bertz CT molecular complexity index is 1060. The number of nitrogens with zero attached hydrogens (tertiary/aromatic N) is 4. The second-order valence-corrected chi connectivity index (χ2v) is 9.41. The number of rotatable bonds is 6. The molecule has 2 aromatic rings. The van der Waals surface area contributed by atoms with Crippen molar-refractivity contribution in [1.29, 1.82) is 0 Å². The summed E-state index contributed by atoms with van der Waals surface area (Å²) in [6, 6.07) is 3.99. The molecule has 176 valence electrons. The van der Waals surface area contributed by atoms with E-state index in [9.17, 15) is 30.8 Å². The zero-order chi connectivity index (χ0) is 23.7. The third-order valence-electron chi connectivity index (χ3n) is 4.65. The summed E-state index contributed by atoms with van der Waals surface area (Å²) in [5.41, 5.74) is -2.63. The van der Waals surface area contributed by atoms with Gasteiger partial charge >= 0.3 is 6.18 Å². The minimum atomic E-state index is -5.00. The highest BCUT2D eigenvalue weighted by Crippen LogP contribution is 2.32. The summed E-state index contributed by atoms with van der Waals surface area (Å²) in [5, 5.41) is 8.84. The Kier molecular flexibility index (Phi) is 6.86. The number of sulfonamides is 1. The number of carbonyl (C=O) groups is 1. The second kappa shape index (κ2) is 9.11. The smallest absolute Gasteiger partial charge is 0.373 e. The molecule has 2 heterocycles. The maximum atomic E-state index is 13.6. The number of benzene rings is 1. The summed E-state index contributed by atoms with van der Waals surface area (Å²) in [6.07, 6.45) is -5.62. The van der Waals surface area contributed by atoms with Gasteiger partial charge in [-0.1, -0.05) is 5.21 Å². The highest BCUT2D eigenvalue weighted by atomic mass is 32.2. The van der Waals surface area contributed by atoms with E-state index in [1.807, 2.05) is 0 Å². The van der Waals surface area contributed by atoms with Gasteiger partial charge in [0.1, 0.15) is 5.82 Å². The van der Waals surface area contributed by atoms with E-state index in [2.05, 4.69) is 15.6 Å². The lowest BCUT2D eigenvalue weighted by Crippen LogP contribution is -2.49. The van der Waals surface area contributed by atoms with Crippen LogP contribution in [-0.4, -0.2) is 71.2 Å². The van der Waals surface area contributed by atoms with E-state index in [1.165, 1.54) is 4.31 Å². The monoisotopic (exact) mass is 479 g/mol. The molecule has 0 aliphatic carbocycles.